The number of amides is 1. The molecule has 1 saturated carbocycles. The fraction of sp³-hybridized carbons (Fsp3) is 0.923. The highest BCUT2D eigenvalue weighted by molar-refractivity contribution is 5.76. The molecule has 2 aliphatic rings. The number of ether oxygens (including phenoxy) is 1. The maximum absolute atomic E-state index is 11.7. The number of nitrogens with one attached hydrogen (secondary N) is 1. The van der Waals surface area contributed by atoms with E-state index in [2.05, 4.69) is 5.32 Å². The minimum absolute atomic E-state index is 0.114. The summed E-state index contributed by atoms with van der Waals surface area (Å²) in [6.45, 7) is 1.57. The van der Waals surface area contributed by atoms with E-state index in [1.807, 2.05) is 0 Å². The summed E-state index contributed by atoms with van der Waals surface area (Å²) in [7, 11) is 0. The van der Waals surface area contributed by atoms with Crippen LogP contribution in [0.3, 0.4) is 0 Å². The van der Waals surface area contributed by atoms with Crippen LogP contribution >= 0.6 is 0 Å². The zero-order valence-corrected chi connectivity index (χ0v) is 10.4. The maximum Gasteiger partial charge on any atom is 0.222 e. The van der Waals surface area contributed by atoms with Crippen molar-refractivity contribution in [1.29, 1.82) is 0 Å². The lowest BCUT2D eigenvalue weighted by Gasteiger charge is -2.25. The molecule has 0 spiro atoms. The highest BCUT2D eigenvalue weighted by Gasteiger charge is 2.22. The highest BCUT2D eigenvalue weighted by Crippen LogP contribution is 2.23. The number of carbonyl (C=O) groups is 1. The van der Waals surface area contributed by atoms with E-state index in [1.54, 1.807) is 0 Å². The lowest BCUT2D eigenvalue weighted by Crippen LogP contribution is -2.33. The number of hydrogen-bond acceptors (Lipinski definition) is 3. The Morgan fingerprint density at radius 1 is 1.24 bits per heavy atom. The van der Waals surface area contributed by atoms with Crippen molar-refractivity contribution in [2.45, 2.75) is 57.2 Å². The SMILES string of the molecule is O=C(CC1CCCO1)NCC1CCC(O)CC1. The van der Waals surface area contributed by atoms with Crippen LogP contribution in [0.15, 0.2) is 0 Å². The molecule has 17 heavy (non-hydrogen) atoms. The molecule has 2 N–H and O–H groups in total. The van der Waals surface area contributed by atoms with Gasteiger partial charge in [-0.05, 0) is 44.4 Å². The predicted octanol–water partition coefficient (Wildman–Crippen LogP) is 1.22. The van der Waals surface area contributed by atoms with Gasteiger partial charge in [-0.15, -0.1) is 0 Å². The molecular formula is C13H23NO3. The molecule has 0 bridgehead atoms. The van der Waals surface area contributed by atoms with Crippen LogP contribution in [0.25, 0.3) is 0 Å². The number of rotatable bonds is 4. The van der Waals surface area contributed by atoms with E-state index in [0.29, 0.717) is 12.3 Å². The highest BCUT2D eigenvalue weighted by atomic mass is 16.5. The summed E-state index contributed by atoms with van der Waals surface area (Å²) in [6, 6.07) is 0. The van der Waals surface area contributed by atoms with Crippen molar-refractivity contribution in [3.05, 3.63) is 0 Å². The Morgan fingerprint density at radius 3 is 2.65 bits per heavy atom. The normalized spacial score (nSPS) is 33.6. The molecule has 0 aromatic rings. The van der Waals surface area contributed by atoms with Gasteiger partial charge in [0, 0.05) is 13.2 Å². The molecule has 1 aliphatic carbocycles. The first-order valence-electron chi connectivity index (χ1n) is 6.80. The van der Waals surface area contributed by atoms with E-state index in [4.69, 9.17) is 4.74 Å². The molecule has 1 aliphatic heterocycles. The first-order chi connectivity index (χ1) is 8.24. The number of hydrogen-bond donors (Lipinski definition) is 2. The summed E-state index contributed by atoms with van der Waals surface area (Å²) >= 11 is 0. The fourth-order valence-corrected chi connectivity index (χ4v) is 2.69. The molecule has 2 fully saturated rings. The molecule has 0 radical (unpaired) electrons. The van der Waals surface area contributed by atoms with Gasteiger partial charge in [0.15, 0.2) is 0 Å². The lowest BCUT2D eigenvalue weighted by atomic mass is 9.87. The molecule has 1 saturated heterocycles. The second kappa shape index (κ2) is 6.36. The Labute approximate surface area is 103 Å². The molecule has 1 unspecified atom stereocenters. The van der Waals surface area contributed by atoms with Crippen LogP contribution in [0, 0.1) is 5.92 Å². The molecule has 1 amide bonds. The van der Waals surface area contributed by atoms with E-state index in [9.17, 15) is 9.90 Å². The van der Waals surface area contributed by atoms with Crippen LogP contribution in [0.4, 0.5) is 0 Å². The van der Waals surface area contributed by atoms with E-state index >= 15 is 0 Å². The topological polar surface area (TPSA) is 58.6 Å². The average Bonchev–Trinajstić information content (AvgIpc) is 2.81. The minimum Gasteiger partial charge on any atom is -0.393 e. The Morgan fingerprint density at radius 2 is 2.00 bits per heavy atom. The van der Waals surface area contributed by atoms with Crippen LogP contribution in [0.2, 0.25) is 0 Å². The second-order valence-corrected chi connectivity index (χ2v) is 5.32. The van der Waals surface area contributed by atoms with Crippen molar-refractivity contribution >= 4 is 5.91 Å². The summed E-state index contributed by atoms with van der Waals surface area (Å²) < 4.78 is 5.44. The second-order valence-electron chi connectivity index (χ2n) is 5.32. The van der Waals surface area contributed by atoms with Gasteiger partial charge >= 0.3 is 0 Å². The van der Waals surface area contributed by atoms with E-state index in [-0.39, 0.29) is 18.1 Å². The molecule has 98 valence electrons. The Kier molecular flexibility index (Phi) is 4.80. The number of carbonyl (C=O) groups excluding carboxylic acids is 1. The van der Waals surface area contributed by atoms with Crippen molar-refractivity contribution in [2.24, 2.45) is 5.92 Å². The molecule has 0 aromatic heterocycles. The van der Waals surface area contributed by atoms with Gasteiger partial charge in [-0.25, -0.2) is 0 Å². The minimum atomic E-state index is -0.117. The van der Waals surface area contributed by atoms with Gasteiger partial charge in [0.1, 0.15) is 0 Å². The molecule has 4 nitrogen and oxygen atoms in total. The molecular weight excluding hydrogens is 218 g/mol. The van der Waals surface area contributed by atoms with Crippen LogP contribution in [-0.2, 0) is 9.53 Å². The Hall–Kier alpha value is -0.610. The zero-order chi connectivity index (χ0) is 12.1. The summed E-state index contributed by atoms with van der Waals surface area (Å²) in [5.41, 5.74) is 0. The third-order valence-electron chi connectivity index (χ3n) is 3.84. The van der Waals surface area contributed by atoms with Crippen molar-refractivity contribution in [1.82, 2.24) is 5.32 Å². The fourth-order valence-electron chi connectivity index (χ4n) is 2.69. The van der Waals surface area contributed by atoms with Crippen molar-refractivity contribution in [3.8, 4) is 0 Å². The third kappa shape index (κ3) is 4.28. The van der Waals surface area contributed by atoms with Crippen LogP contribution in [0.1, 0.15) is 44.9 Å². The van der Waals surface area contributed by atoms with E-state index in [0.717, 1.165) is 51.7 Å². The average molecular weight is 241 g/mol. The third-order valence-corrected chi connectivity index (χ3v) is 3.84. The van der Waals surface area contributed by atoms with E-state index < -0.39 is 0 Å². The van der Waals surface area contributed by atoms with Gasteiger partial charge in [-0.2, -0.15) is 0 Å². The van der Waals surface area contributed by atoms with Crippen LogP contribution in [0.5, 0.6) is 0 Å². The Bertz CT molecular complexity index is 243. The predicted molar refractivity (Wildman–Crippen MR) is 64.6 cm³/mol. The van der Waals surface area contributed by atoms with Crippen LogP contribution in [-0.4, -0.2) is 36.4 Å². The Balaban J connectivity index is 1.59. The van der Waals surface area contributed by atoms with Gasteiger partial charge in [0.05, 0.1) is 18.6 Å². The van der Waals surface area contributed by atoms with Gasteiger partial charge in [-0.1, -0.05) is 0 Å². The van der Waals surface area contributed by atoms with Crippen molar-refractivity contribution in [3.63, 3.8) is 0 Å². The molecule has 0 aromatic carbocycles. The molecule has 2 rings (SSSR count). The van der Waals surface area contributed by atoms with Gasteiger partial charge in [0.2, 0.25) is 5.91 Å². The largest absolute Gasteiger partial charge is 0.393 e. The van der Waals surface area contributed by atoms with Gasteiger partial charge in [-0.3, -0.25) is 4.79 Å². The number of aliphatic hydroxyl groups excluding tert-OH is 1. The molecule has 1 heterocycles. The van der Waals surface area contributed by atoms with Crippen molar-refractivity contribution in [2.75, 3.05) is 13.2 Å². The van der Waals surface area contributed by atoms with Gasteiger partial charge < -0.3 is 15.2 Å². The van der Waals surface area contributed by atoms with Gasteiger partial charge in [0.25, 0.3) is 0 Å². The van der Waals surface area contributed by atoms with E-state index in [1.165, 1.54) is 0 Å². The maximum atomic E-state index is 11.7. The van der Waals surface area contributed by atoms with Crippen molar-refractivity contribution < 1.29 is 14.6 Å². The van der Waals surface area contributed by atoms with Crippen LogP contribution < -0.4 is 5.32 Å². The summed E-state index contributed by atoms with van der Waals surface area (Å²) in [5, 5.41) is 12.4. The monoisotopic (exact) mass is 241 g/mol. The zero-order valence-electron chi connectivity index (χ0n) is 10.4. The molecule has 4 heteroatoms. The summed E-state index contributed by atoms with van der Waals surface area (Å²) in [4.78, 5) is 11.7. The summed E-state index contributed by atoms with van der Waals surface area (Å²) in [5.74, 6) is 0.662. The summed E-state index contributed by atoms with van der Waals surface area (Å²) in [6.07, 6.45) is 6.45. The molecule has 1 atom stereocenters. The standard InChI is InChI=1S/C13H23NO3/c15-11-5-3-10(4-6-11)9-14-13(16)8-12-2-1-7-17-12/h10-12,15H,1-9H2,(H,14,16). The quantitative estimate of drug-likeness (QED) is 0.778. The first-order valence-corrected chi connectivity index (χ1v) is 6.80. The smallest absolute Gasteiger partial charge is 0.222 e. The first kappa shape index (κ1) is 12.8. The number of aliphatic hydroxyl groups is 1. The lowest BCUT2D eigenvalue weighted by molar-refractivity contribution is -0.123.